The molecule has 2 heterocycles. The van der Waals surface area contributed by atoms with Gasteiger partial charge in [-0.2, -0.15) is 0 Å². The van der Waals surface area contributed by atoms with E-state index in [1.807, 2.05) is 31.3 Å². The van der Waals surface area contributed by atoms with E-state index in [-0.39, 0.29) is 6.23 Å². The molecule has 1 aliphatic heterocycles. The molecule has 1 aromatic heterocycles. The van der Waals surface area contributed by atoms with Crippen molar-refractivity contribution in [1.29, 1.82) is 0 Å². The van der Waals surface area contributed by atoms with Crippen LogP contribution >= 0.6 is 0 Å². The van der Waals surface area contributed by atoms with E-state index in [1.54, 1.807) is 4.80 Å². The Morgan fingerprint density at radius 1 is 1.33 bits per heavy atom. The summed E-state index contributed by atoms with van der Waals surface area (Å²) in [7, 11) is 1.89. The third kappa shape index (κ3) is 2.06. The summed E-state index contributed by atoms with van der Waals surface area (Å²) in [6.45, 7) is 0.776. The van der Waals surface area contributed by atoms with Crippen LogP contribution in [0.3, 0.4) is 0 Å². The maximum Gasteiger partial charge on any atom is 0.205 e. The zero-order chi connectivity index (χ0) is 12.4. The first-order valence-electron chi connectivity index (χ1n) is 6.06. The fourth-order valence-corrected chi connectivity index (χ4v) is 1.99. The van der Waals surface area contributed by atoms with Crippen LogP contribution in [-0.4, -0.2) is 33.9 Å². The molecule has 1 atom stereocenters. The molecule has 94 valence electrons. The Morgan fingerprint density at radius 2 is 2.17 bits per heavy atom. The van der Waals surface area contributed by atoms with E-state index in [0.29, 0.717) is 5.82 Å². The number of nitrogens with zero attached hydrogens (tertiary/aromatic N) is 4. The van der Waals surface area contributed by atoms with Crippen LogP contribution in [-0.2, 0) is 4.74 Å². The van der Waals surface area contributed by atoms with E-state index in [2.05, 4.69) is 20.7 Å². The minimum absolute atomic E-state index is 0.0529. The number of aromatic nitrogens is 4. The van der Waals surface area contributed by atoms with E-state index in [4.69, 9.17) is 4.74 Å². The van der Waals surface area contributed by atoms with Gasteiger partial charge in [-0.3, -0.25) is 0 Å². The Labute approximate surface area is 105 Å². The highest BCUT2D eigenvalue weighted by atomic mass is 16.5. The zero-order valence-corrected chi connectivity index (χ0v) is 10.2. The third-order valence-electron chi connectivity index (χ3n) is 3.02. The van der Waals surface area contributed by atoms with E-state index in [0.717, 1.165) is 30.7 Å². The Kier molecular flexibility index (Phi) is 2.93. The number of tetrazole rings is 1. The Bertz CT molecular complexity index is 516. The first-order valence-corrected chi connectivity index (χ1v) is 6.06. The lowest BCUT2D eigenvalue weighted by Crippen LogP contribution is -2.10. The van der Waals surface area contributed by atoms with Crippen molar-refractivity contribution >= 4 is 5.69 Å². The Morgan fingerprint density at radius 3 is 2.83 bits per heavy atom. The molecule has 1 aliphatic rings. The van der Waals surface area contributed by atoms with Crippen molar-refractivity contribution in [2.75, 3.05) is 19.0 Å². The standard InChI is InChI=1S/C12H15N5O/c1-13-10-6-4-9(5-7-10)12-14-16-17(15-12)11-3-2-8-18-11/h4-7,11,13H,2-3,8H2,1H3. The minimum Gasteiger partial charge on any atom is -0.388 e. The Hall–Kier alpha value is -1.95. The van der Waals surface area contributed by atoms with Gasteiger partial charge in [0.2, 0.25) is 5.82 Å². The molecule has 0 aliphatic carbocycles. The monoisotopic (exact) mass is 245 g/mol. The molecule has 3 rings (SSSR count). The molecular weight excluding hydrogens is 230 g/mol. The van der Waals surface area contributed by atoms with Gasteiger partial charge < -0.3 is 10.1 Å². The average Bonchev–Trinajstić information content (AvgIpc) is 3.09. The number of ether oxygens (including phenoxy) is 1. The summed E-state index contributed by atoms with van der Waals surface area (Å²) in [6.07, 6.45) is 1.95. The highest BCUT2D eigenvalue weighted by molar-refractivity contribution is 5.58. The molecule has 1 saturated heterocycles. The van der Waals surface area contributed by atoms with Crippen molar-refractivity contribution in [2.24, 2.45) is 0 Å². The van der Waals surface area contributed by atoms with Gasteiger partial charge in [0.25, 0.3) is 0 Å². The van der Waals surface area contributed by atoms with E-state index in [9.17, 15) is 0 Å². The summed E-state index contributed by atoms with van der Waals surface area (Å²) in [6, 6.07) is 7.93. The molecular formula is C12H15N5O. The summed E-state index contributed by atoms with van der Waals surface area (Å²) in [5.74, 6) is 0.633. The summed E-state index contributed by atoms with van der Waals surface area (Å²) in [5, 5.41) is 15.6. The second kappa shape index (κ2) is 4.73. The second-order valence-corrected chi connectivity index (χ2v) is 4.23. The number of benzene rings is 1. The quantitative estimate of drug-likeness (QED) is 0.891. The van der Waals surface area contributed by atoms with Crippen molar-refractivity contribution in [1.82, 2.24) is 20.2 Å². The number of hydrogen-bond donors (Lipinski definition) is 1. The predicted octanol–water partition coefficient (Wildman–Crippen LogP) is 1.69. The van der Waals surface area contributed by atoms with Crippen LogP contribution in [0.5, 0.6) is 0 Å². The average molecular weight is 245 g/mol. The minimum atomic E-state index is -0.0529. The van der Waals surface area contributed by atoms with E-state index >= 15 is 0 Å². The smallest absolute Gasteiger partial charge is 0.205 e. The number of hydrogen-bond acceptors (Lipinski definition) is 5. The van der Waals surface area contributed by atoms with Gasteiger partial charge in [-0.25, -0.2) is 0 Å². The van der Waals surface area contributed by atoms with Crippen LogP contribution < -0.4 is 5.32 Å². The van der Waals surface area contributed by atoms with Crippen molar-refractivity contribution in [3.05, 3.63) is 24.3 Å². The lowest BCUT2D eigenvalue weighted by atomic mass is 10.2. The van der Waals surface area contributed by atoms with Crippen molar-refractivity contribution < 1.29 is 4.74 Å². The van der Waals surface area contributed by atoms with Gasteiger partial charge in [0.15, 0.2) is 6.23 Å². The van der Waals surface area contributed by atoms with Gasteiger partial charge in [-0.15, -0.1) is 15.0 Å². The molecule has 1 aromatic carbocycles. The van der Waals surface area contributed by atoms with Crippen LogP contribution in [0.15, 0.2) is 24.3 Å². The first-order chi connectivity index (χ1) is 8.86. The SMILES string of the molecule is CNc1ccc(-c2nnn(C3CCCO3)n2)cc1. The predicted molar refractivity (Wildman–Crippen MR) is 67.0 cm³/mol. The third-order valence-corrected chi connectivity index (χ3v) is 3.02. The molecule has 1 unspecified atom stereocenters. The molecule has 0 bridgehead atoms. The van der Waals surface area contributed by atoms with Crippen LogP contribution in [0.4, 0.5) is 5.69 Å². The lowest BCUT2D eigenvalue weighted by molar-refractivity contribution is 0.0342. The summed E-state index contributed by atoms with van der Waals surface area (Å²) in [5.41, 5.74) is 2.02. The van der Waals surface area contributed by atoms with Crippen LogP contribution in [0.2, 0.25) is 0 Å². The number of rotatable bonds is 3. The molecule has 1 fully saturated rings. The van der Waals surface area contributed by atoms with Crippen molar-refractivity contribution in [3.8, 4) is 11.4 Å². The van der Waals surface area contributed by atoms with Gasteiger partial charge in [0.05, 0.1) is 0 Å². The molecule has 2 aromatic rings. The Balaban J connectivity index is 1.82. The van der Waals surface area contributed by atoms with Crippen molar-refractivity contribution in [2.45, 2.75) is 19.1 Å². The topological polar surface area (TPSA) is 64.9 Å². The van der Waals surface area contributed by atoms with E-state index < -0.39 is 0 Å². The first kappa shape index (κ1) is 11.2. The molecule has 0 saturated carbocycles. The molecule has 0 amide bonds. The van der Waals surface area contributed by atoms with Crippen LogP contribution in [0.25, 0.3) is 11.4 Å². The molecule has 1 N–H and O–H groups in total. The lowest BCUT2D eigenvalue weighted by Gasteiger charge is -2.05. The summed E-state index contributed by atoms with van der Waals surface area (Å²) in [4.78, 5) is 1.56. The molecule has 0 radical (unpaired) electrons. The van der Waals surface area contributed by atoms with Gasteiger partial charge in [-0.1, -0.05) is 0 Å². The molecule has 6 heteroatoms. The number of anilines is 1. The summed E-state index contributed by atoms with van der Waals surface area (Å²) < 4.78 is 5.51. The maximum absolute atomic E-state index is 5.51. The van der Waals surface area contributed by atoms with Crippen molar-refractivity contribution in [3.63, 3.8) is 0 Å². The fraction of sp³-hybridized carbons (Fsp3) is 0.417. The van der Waals surface area contributed by atoms with E-state index in [1.165, 1.54) is 0 Å². The maximum atomic E-state index is 5.51. The highest BCUT2D eigenvalue weighted by Gasteiger charge is 2.20. The largest absolute Gasteiger partial charge is 0.388 e. The van der Waals surface area contributed by atoms with Crippen LogP contribution in [0, 0.1) is 0 Å². The number of nitrogens with one attached hydrogen (secondary N) is 1. The second-order valence-electron chi connectivity index (χ2n) is 4.23. The molecule has 0 spiro atoms. The fourth-order valence-electron chi connectivity index (χ4n) is 1.99. The normalized spacial score (nSPS) is 19.1. The van der Waals surface area contributed by atoms with Crippen LogP contribution in [0.1, 0.15) is 19.1 Å². The van der Waals surface area contributed by atoms with Gasteiger partial charge >= 0.3 is 0 Å². The molecule has 18 heavy (non-hydrogen) atoms. The molecule has 6 nitrogen and oxygen atoms in total. The zero-order valence-electron chi connectivity index (χ0n) is 10.2. The van der Waals surface area contributed by atoms with Gasteiger partial charge in [0, 0.05) is 24.9 Å². The van der Waals surface area contributed by atoms with Gasteiger partial charge in [0.1, 0.15) is 0 Å². The van der Waals surface area contributed by atoms with Gasteiger partial charge in [-0.05, 0) is 42.3 Å². The summed E-state index contributed by atoms with van der Waals surface area (Å²) >= 11 is 0. The highest BCUT2D eigenvalue weighted by Crippen LogP contribution is 2.22.